The van der Waals surface area contributed by atoms with E-state index < -0.39 is 29.6 Å². The quantitative estimate of drug-likeness (QED) is 0.418. The molecule has 0 aliphatic rings. The molecule has 1 unspecified atom stereocenters. The minimum absolute atomic E-state index is 0.125. The van der Waals surface area contributed by atoms with Crippen LogP contribution in [0.4, 0.5) is 4.79 Å². The highest BCUT2D eigenvalue weighted by Crippen LogP contribution is 2.17. The Morgan fingerprint density at radius 2 is 1.87 bits per heavy atom. The molecule has 4 N–H and O–H groups in total. The van der Waals surface area contributed by atoms with Crippen LogP contribution in [-0.4, -0.2) is 41.3 Å². The van der Waals surface area contributed by atoms with Gasteiger partial charge < -0.3 is 25.6 Å². The molecule has 2 amide bonds. The highest BCUT2D eigenvalue weighted by molar-refractivity contribution is 5.74. The summed E-state index contributed by atoms with van der Waals surface area (Å²) in [6.07, 6.45) is 3.35. The van der Waals surface area contributed by atoms with Gasteiger partial charge in [0.25, 0.3) is 0 Å². The molecule has 8 nitrogen and oxygen atoms in total. The number of rotatable bonds is 13. The predicted molar refractivity (Wildman–Crippen MR) is 113 cm³/mol. The molecule has 0 heterocycles. The van der Waals surface area contributed by atoms with Gasteiger partial charge in [-0.25, -0.2) is 4.79 Å². The van der Waals surface area contributed by atoms with Crippen molar-refractivity contribution < 1.29 is 29.0 Å². The molecule has 0 bridgehead atoms. The van der Waals surface area contributed by atoms with Crippen molar-refractivity contribution in [3.63, 3.8) is 0 Å². The highest BCUT2D eigenvalue weighted by atomic mass is 16.6. The Balaban J connectivity index is 2.56. The fraction of sp³-hybridized carbons (Fsp3) is 0.591. The monoisotopic (exact) mass is 422 g/mol. The van der Waals surface area contributed by atoms with Gasteiger partial charge >= 0.3 is 12.1 Å². The minimum atomic E-state index is -0.767. The van der Waals surface area contributed by atoms with Crippen LogP contribution in [0.3, 0.4) is 0 Å². The average molecular weight is 423 g/mol. The van der Waals surface area contributed by atoms with E-state index in [9.17, 15) is 14.4 Å². The fourth-order valence-electron chi connectivity index (χ4n) is 2.76. The lowest BCUT2D eigenvalue weighted by atomic mass is 10.1. The van der Waals surface area contributed by atoms with E-state index in [1.165, 1.54) is 0 Å². The second-order valence-electron chi connectivity index (χ2n) is 8.26. The molecule has 1 aromatic carbocycles. The molecule has 1 aromatic rings. The van der Waals surface area contributed by atoms with Gasteiger partial charge in [-0.1, -0.05) is 18.6 Å². The number of carboxylic acid groups (broad SMARTS) is 1. The van der Waals surface area contributed by atoms with Gasteiger partial charge in [-0.3, -0.25) is 9.59 Å². The predicted octanol–water partition coefficient (Wildman–Crippen LogP) is 3.41. The highest BCUT2D eigenvalue weighted by Gasteiger charge is 2.20. The summed E-state index contributed by atoms with van der Waals surface area (Å²) in [6.45, 7) is 5.49. The van der Waals surface area contributed by atoms with Crippen molar-refractivity contribution in [2.45, 2.75) is 77.4 Å². The van der Waals surface area contributed by atoms with Gasteiger partial charge in [0.05, 0.1) is 6.04 Å². The van der Waals surface area contributed by atoms with Gasteiger partial charge in [0, 0.05) is 12.8 Å². The van der Waals surface area contributed by atoms with E-state index in [1.807, 2.05) is 24.3 Å². The number of carbonyl (C=O) groups excluding carboxylic acids is 2. The number of carbonyl (C=O) groups is 3. The number of unbranched alkanes of at least 4 members (excludes halogenated alkanes) is 2. The Labute approximate surface area is 178 Å². The standard InChI is InChI=1S/C22H34N2O6/c1-22(2,3)30-21(28)24-17(12-13-19(23)25)15-29-18-10-7-9-16(14-18)8-5-4-6-11-20(26)27/h7,9-10,14,17H,4-6,8,11-13,15H2,1-3H3,(H2,23,25)(H,24,28)(H,26,27). The number of amides is 2. The maximum absolute atomic E-state index is 12.1. The first-order chi connectivity index (χ1) is 14.0. The first-order valence-corrected chi connectivity index (χ1v) is 10.3. The molecule has 1 rings (SSSR count). The lowest BCUT2D eigenvalue weighted by molar-refractivity contribution is -0.137. The maximum Gasteiger partial charge on any atom is 0.407 e. The van der Waals surface area contributed by atoms with Crippen molar-refractivity contribution >= 4 is 18.0 Å². The van der Waals surface area contributed by atoms with Crippen LogP contribution in [0.2, 0.25) is 0 Å². The number of hydrogen-bond donors (Lipinski definition) is 3. The Hall–Kier alpha value is -2.77. The Bertz CT molecular complexity index is 699. The number of carboxylic acids is 1. The summed E-state index contributed by atoms with van der Waals surface area (Å²) in [5.74, 6) is -0.555. The number of primary amides is 1. The van der Waals surface area contributed by atoms with E-state index in [4.69, 9.17) is 20.3 Å². The fourth-order valence-corrected chi connectivity index (χ4v) is 2.76. The Kier molecular flexibility index (Phi) is 10.7. The summed E-state index contributed by atoms with van der Waals surface area (Å²) < 4.78 is 11.1. The third kappa shape index (κ3) is 12.6. The van der Waals surface area contributed by atoms with Crippen LogP contribution in [0.15, 0.2) is 24.3 Å². The maximum atomic E-state index is 12.1. The van der Waals surface area contributed by atoms with Crippen LogP contribution < -0.4 is 15.8 Å². The van der Waals surface area contributed by atoms with Gasteiger partial charge in [-0.05, 0) is 64.2 Å². The number of aryl methyl sites for hydroxylation is 1. The number of ether oxygens (including phenoxy) is 2. The van der Waals surface area contributed by atoms with Crippen LogP contribution in [0.5, 0.6) is 5.75 Å². The number of benzene rings is 1. The zero-order chi connectivity index (χ0) is 22.6. The molecular formula is C22H34N2O6. The van der Waals surface area contributed by atoms with Gasteiger partial charge in [-0.15, -0.1) is 0 Å². The summed E-state index contributed by atoms with van der Waals surface area (Å²) in [7, 11) is 0. The first-order valence-electron chi connectivity index (χ1n) is 10.3. The van der Waals surface area contributed by atoms with Gasteiger partial charge in [0.15, 0.2) is 0 Å². The van der Waals surface area contributed by atoms with Crippen LogP contribution in [0.25, 0.3) is 0 Å². The van der Waals surface area contributed by atoms with E-state index in [0.717, 1.165) is 24.8 Å². The van der Waals surface area contributed by atoms with E-state index in [1.54, 1.807) is 20.8 Å². The van der Waals surface area contributed by atoms with Crippen LogP contribution >= 0.6 is 0 Å². The molecule has 0 saturated carbocycles. The summed E-state index contributed by atoms with van der Waals surface area (Å²) in [5.41, 5.74) is 5.70. The third-order valence-electron chi connectivity index (χ3n) is 4.17. The number of hydrogen-bond acceptors (Lipinski definition) is 5. The van der Waals surface area contributed by atoms with Gasteiger partial charge in [0.2, 0.25) is 5.91 Å². The van der Waals surface area contributed by atoms with Crippen LogP contribution in [0.1, 0.15) is 64.9 Å². The molecule has 0 aromatic heterocycles. The molecule has 1 atom stereocenters. The van der Waals surface area contributed by atoms with Crippen molar-refractivity contribution in [2.24, 2.45) is 5.73 Å². The summed E-state index contributed by atoms with van der Waals surface area (Å²) in [5, 5.41) is 11.4. The van der Waals surface area contributed by atoms with Crippen LogP contribution in [0, 0.1) is 0 Å². The zero-order valence-corrected chi connectivity index (χ0v) is 18.1. The molecule has 0 fully saturated rings. The van der Waals surface area contributed by atoms with Crippen molar-refractivity contribution in [3.8, 4) is 5.75 Å². The molecular weight excluding hydrogens is 388 g/mol. The van der Waals surface area contributed by atoms with Gasteiger partial charge in [-0.2, -0.15) is 0 Å². The van der Waals surface area contributed by atoms with Crippen molar-refractivity contribution in [1.82, 2.24) is 5.32 Å². The van der Waals surface area contributed by atoms with E-state index >= 15 is 0 Å². The molecule has 0 spiro atoms. The second kappa shape index (κ2) is 12.7. The molecule has 0 radical (unpaired) electrons. The summed E-state index contributed by atoms with van der Waals surface area (Å²) in [6, 6.07) is 7.21. The van der Waals surface area contributed by atoms with E-state index in [0.29, 0.717) is 18.6 Å². The lowest BCUT2D eigenvalue weighted by Crippen LogP contribution is -2.42. The Morgan fingerprint density at radius 1 is 1.13 bits per heavy atom. The second-order valence-corrected chi connectivity index (χ2v) is 8.26. The Morgan fingerprint density at radius 3 is 2.50 bits per heavy atom. The molecule has 8 heteroatoms. The topological polar surface area (TPSA) is 128 Å². The molecule has 0 aliphatic heterocycles. The zero-order valence-electron chi connectivity index (χ0n) is 18.1. The smallest absolute Gasteiger partial charge is 0.407 e. The summed E-state index contributed by atoms with van der Waals surface area (Å²) >= 11 is 0. The number of nitrogens with one attached hydrogen (secondary N) is 1. The van der Waals surface area contributed by atoms with E-state index in [2.05, 4.69) is 5.32 Å². The van der Waals surface area contributed by atoms with Gasteiger partial charge in [0.1, 0.15) is 18.0 Å². The number of nitrogens with two attached hydrogens (primary N) is 1. The molecule has 168 valence electrons. The number of alkyl carbamates (subject to hydrolysis) is 1. The number of aliphatic carboxylic acids is 1. The van der Waals surface area contributed by atoms with Crippen molar-refractivity contribution in [2.75, 3.05) is 6.61 Å². The average Bonchev–Trinajstić information content (AvgIpc) is 2.62. The molecule has 30 heavy (non-hydrogen) atoms. The van der Waals surface area contributed by atoms with Crippen LogP contribution in [-0.2, 0) is 20.7 Å². The minimum Gasteiger partial charge on any atom is -0.491 e. The first kappa shape index (κ1) is 25.3. The molecule has 0 aliphatic carbocycles. The van der Waals surface area contributed by atoms with Crippen molar-refractivity contribution in [3.05, 3.63) is 29.8 Å². The molecule has 0 saturated heterocycles. The largest absolute Gasteiger partial charge is 0.491 e. The lowest BCUT2D eigenvalue weighted by Gasteiger charge is -2.23. The van der Waals surface area contributed by atoms with Crippen molar-refractivity contribution in [1.29, 1.82) is 0 Å². The van der Waals surface area contributed by atoms with E-state index in [-0.39, 0.29) is 19.4 Å². The third-order valence-corrected chi connectivity index (χ3v) is 4.17. The summed E-state index contributed by atoms with van der Waals surface area (Å²) in [4.78, 5) is 33.7. The SMILES string of the molecule is CC(C)(C)OC(=O)NC(CCC(N)=O)COc1cccc(CCCCCC(=O)O)c1. The normalized spacial score (nSPS) is 12.1.